The summed E-state index contributed by atoms with van der Waals surface area (Å²) in [4.78, 5) is 0.313. The van der Waals surface area contributed by atoms with Crippen molar-refractivity contribution in [2.75, 3.05) is 6.26 Å². The topological polar surface area (TPSA) is 60.2 Å². The van der Waals surface area contributed by atoms with Gasteiger partial charge >= 0.3 is 0 Å². The minimum absolute atomic E-state index is 0.313. The van der Waals surface area contributed by atoms with Crippen LogP contribution < -0.4 is 5.73 Å². The summed E-state index contributed by atoms with van der Waals surface area (Å²) in [6.45, 7) is 3.68. The molecule has 0 bridgehead atoms. The average molecular weight is 213 g/mol. The minimum Gasteiger partial charge on any atom is -0.322 e. The Morgan fingerprint density at radius 2 is 1.86 bits per heavy atom. The van der Waals surface area contributed by atoms with Gasteiger partial charge in [-0.1, -0.05) is 12.1 Å². The second-order valence-corrected chi connectivity index (χ2v) is 6.04. The van der Waals surface area contributed by atoms with E-state index in [1.165, 1.54) is 6.26 Å². The molecule has 0 saturated heterocycles. The first kappa shape index (κ1) is 11.2. The van der Waals surface area contributed by atoms with Crippen molar-refractivity contribution >= 4 is 9.84 Å². The van der Waals surface area contributed by atoms with Crippen LogP contribution in [-0.4, -0.2) is 14.7 Å². The molecular weight excluding hydrogens is 198 g/mol. The Morgan fingerprint density at radius 1 is 1.29 bits per heavy atom. The molecule has 0 amide bonds. The molecule has 0 aliphatic heterocycles. The maximum atomic E-state index is 11.3. The molecule has 1 aromatic carbocycles. The normalized spacial score (nSPS) is 12.9. The summed E-state index contributed by atoms with van der Waals surface area (Å²) >= 11 is 0. The minimum atomic E-state index is -3.14. The monoisotopic (exact) mass is 213 g/mol. The van der Waals surface area contributed by atoms with Crippen LogP contribution in [0.3, 0.4) is 0 Å². The highest BCUT2D eigenvalue weighted by Crippen LogP contribution is 2.20. The van der Waals surface area contributed by atoms with Gasteiger partial charge in [-0.15, -0.1) is 0 Å². The Labute approximate surface area is 84.9 Å². The van der Waals surface area contributed by atoms with Gasteiger partial charge in [-0.3, -0.25) is 0 Å². The zero-order valence-corrected chi connectivity index (χ0v) is 9.43. The van der Waals surface area contributed by atoms with E-state index in [0.717, 1.165) is 5.56 Å². The van der Waals surface area contributed by atoms with Gasteiger partial charge < -0.3 is 5.73 Å². The first-order valence-corrected chi connectivity index (χ1v) is 6.20. The number of sulfone groups is 1. The van der Waals surface area contributed by atoms with Crippen molar-refractivity contribution < 1.29 is 8.42 Å². The standard InChI is InChI=1S/C10H15NO2S/c1-10(2,11)8-5-4-6-9(7-8)14(3,12)13/h4-7H,11H2,1-3H3. The quantitative estimate of drug-likeness (QED) is 0.805. The van der Waals surface area contributed by atoms with Gasteiger partial charge in [0, 0.05) is 11.8 Å². The van der Waals surface area contributed by atoms with Crippen molar-refractivity contribution in [3.05, 3.63) is 29.8 Å². The maximum Gasteiger partial charge on any atom is 0.175 e. The van der Waals surface area contributed by atoms with Gasteiger partial charge in [0.05, 0.1) is 4.90 Å². The van der Waals surface area contributed by atoms with E-state index in [9.17, 15) is 8.42 Å². The van der Waals surface area contributed by atoms with Crippen molar-refractivity contribution in [2.24, 2.45) is 5.73 Å². The maximum absolute atomic E-state index is 11.3. The highest BCUT2D eigenvalue weighted by Gasteiger charge is 2.16. The summed E-state index contributed by atoms with van der Waals surface area (Å²) in [6.07, 6.45) is 1.19. The molecule has 0 fully saturated rings. The molecule has 3 nitrogen and oxygen atoms in total. The van der Waals surface area contributed by atoms with Crippen molar-refractivity contribution in [1.82, 2.24) is 0 Å². The van der Waals surface area contributed by atoms with E-state index >= 15 is 0 Å². The Hall–Kier alpha value is -0.870. The van der Waals surface area contributed by atoms with Crippen LogP contribution >= 0.6 is 0 Å². The van der Waals surface area contributed by atoms with E-state index in [1.54, 1.807) is 18.2 Å². The Balaban J connectivity index is 3.29. The van der Waals surface area contributed by atoms with Gasteiger partial charge in [-0.2, -0.15) is 0 Å². The highest BCUT2D eigenvalue weighted by molar-refractivity contribution is 7.90. The number of hydrogen-bond donors (Lipinski definition) is 1. The van der Waals surface area contributed by atoms with Crippen LogP contribution in [0.15, 0.2) is 29.2 Å². The molecule has 14 heavy (non-hydrogen) atoms. The van der Waals surface area contributed by atoms with Crippen molar-refractivity contribution in [2.45, 2.75) is 24.3 Å². The molecule has 1 rings (SSSR count). The van der Waals surface area contributed by atoms with Crippen LogP contribution in [0.5, 0.6) is 0 Å². The molecule has 0 aromatic heterocycles. The Kier molecular flexibility index (Phi) is 2.69. The summed E-state index contributed by atoms with van der Waals surface area (Å²) in [6, 6.07) is 6.73. The van der Waals surface area contributed by atoms with Crippen LogP contribution in [0.4, 0.5) is 0 Å². The third kappa shape index (κ3) is 2.56. The molecule has 4 heteroatoms. The Morgan fingerprint density at radius 3 is 2.29 bits per heavy atom. The molecule has 78 valence electrons. The fourth-order valence-corrected chi connectivity index (χ4v) is 1.79. The SMILES string of the molecule is CC(C)(N)c1cccc(S(C)(=O)=O)c1. The smallest absolute Gasteiger partial charge is 0.175 e. The van der Waals surface area contributed by atoms with Crippen molar-refractivity contribution in [3.8, 4) is 0 Å². The van der Waals surface area contributed by atoms with Gasteiger partial charge in [0.1, 0.15) is 0 Å². The second-order valence-electron chi connectivity index (χ2n) is 4.02. The summed E-state index contributed by atoms with van der Waals surface area (Å²) in [5.74, 6) is 0. The zero-order chi connectivity index (χ0) is 11.0. The van der Waals surface area contributed by atoms with E-state index in [0.29, 0.717) is 4.90 Å². The van der Waals surface area contributed by atoms with Gasteiger partial charge in [0.15, 0.2) is 9.84 Å². The number of hydrogen-bond acceptors (Lipinski definition) is 3. The average Bonchev–Trinajstić information content (AvgIpc) is 2.01. The lowest BCUT2D eigenvalue weighted by atomic mass is 9.96. The van der Waals surface area contributed by atoms with Crippen LogP contribution in [0.25, 0.3) is 0 Å². The first-order chi connectivity index (χ1) is 6.21. The van der Waals surface area contributed by atoms with Crippen molar-refractivity contribution in [1.29, 1.82) is 0 Å². The van der Waals surface area contributed by atoms with E-state index in [1.807, 2.05) is 19.9 Å². The first-order valence-electron chi connectivity index (χ1n) is 4.31. The summed E-state index contributed by atoms with van der Waals surface area (Å²) in [5, 5.41) is 0. The number of rotatable bonds is 2. The lowest BCUT2D eigenvalue weighted by Gasteiger charge is -2.19. The third-order valence-electron chi connectivity index (χ3n) is 2.01. The van der Waals surface area contributed by atoms with Crippen LogP contribution in [-0.2, 0) is 15.4 Å². The van der Waals surface area contributed by atoms with Gasteiger partial charge in [0.2, 0.25) is 0 Å². The summed E-state index contributed by atoms with van der Waals surface area (Å²) in [5.41, 5.74) is 6.18. The molecule has 0 radical (unpaired) electrons. The van der Waals surface area contributed by atoms with Gasteiger partial charge in [0.25, 0.3) is 0 Å². The van der Waals surface area contributed by atoms with Crippen LogP contribution in [0.2, 0.25) is 0 Å². The molecule has 0 atom stereocenters. The lowest BCUT2D eigenvalue weighted by Crippen LogP contribution is -2.28. The predicted molar refractivity (Wildman–Crippen MR) is 56.8 cm³/mol. The zero-order valence-electron chi connectivity index (χ0n) is 8.61. The van der Waals surface area contributed by atoms with Crippen molar-refractivity contribution in [3.63, 3.8) is 0 Å². The molecule has 2 N–H and O–H groups in total. The van der Waals surface area contributed by atoms with E-state index in [2.05, 4.69) is 0 Å². The van der Waals surface area contributed by atoms with Gasteiger partial charge in [-0.25, -0.2) is 8.42 Å². The molecule has 0 saturated carbocycles. The Bertz CT molecular complexity index is 430. The molecule has 0 heterocycles. The van der Waals surface area contributed by atoms with Crippen LogP contribution in [0.1, 0.15) is 19.4 Å². The molecule has 0 spiro atoms. The number of nitrogens with two attached hydrogens (primary N) is 1. The fraction of sp³-hybridized carbons (Fsp3) is 0.400. The summed E-state index contributed by atoms with van der Waals surface area (Å²) in [7, 11) is -3.14. The number of benzene rings is 1. The van der Waals surface area contributed by atoms with E-state index in [4.69, 9.17) is 5.73 Å². The molecule has 1 aromatic rings. The lowest BCUT2D eigenvalue weighted by molar-refractivity contribution is 0.552. The highest BCUT2D eigenvalue weighted by atomic mass is 32.2. The van der Waals surface area contributed by atoms with Crippen LogP contribution in [0, 0.1) is 0 Å². The fourth-order valence-electron chi connectivity index (χ4n) is 1.13. The third-order valence-corrected chi connectivity index (χ3v) is 3.12. The summed E-state index contributed by atoms with van der Waals surface area (Å²) < 4.78 is 22.5. The van der Waals surface area contributed by atoms with E-state index < -0.39 is 15.4 Å². The van der Waals surface area contributed by atoms with Gasteiger partial charge in [-0.05, 0) is 31.5 Å². The largest absolute Gasteiger partial charge is 0.322 e. The van der Waals surface area contributed by atoms with E-state index in [-0.39, 0.29) is 0 Å². The molecule has 0 unspecified atom stereocenters. The molecule has 0 aliphatic carbocycles. The molecular formula is C10H15NO2S. The molecule has 0 aliphatic rings. The second kappa shape index (κ2) is 3.37. The predicted octanol–water partition coefficient (Wildman–Crippen LogP) is 1.28.